The van der Waals surface area contributed by atoms with Gasteiger partial charge < -0.3 is 15.4 Å². The molecule has 122 valence electrons. The lowest BCUT2D eigenvalue weighted by molar-refractivity contribution is -0.140. The van der Waals surface area contributed by atoms with Crippen LogP contribution >= 0.6 is 12.2 Å². The van der Waals surface area contributed by atoms with Gasteiger partial charge >= 0.3 is 5.97 Å². The molecule has 5 nitrogen and oxygen atoms in total. The zero-order valence-electron chi connectivity index (χ0n) is 13.2. The summed E-state index contributed by atoms with van der Waals surface area (Å²) in [6.45, 7) is 2.05. The van der Waals surface area contributed by atoms with Crippen LogP contribution in [0, 0.1) is 0 Å². The van der Waals surface area contributed by atoms with Crippen molar-refractivity contribution in [3.05, 3.63) is 77.3 Å². The van der Waals surface area contributed by atoms with Gasteiger partial charge in [0.2, 0.25) is 0 Å². The highest BCUT2D eigenvalue weighted by Crippen LogP contribution is 2.27. The predicted molar refractivity (Wildman–Crippen MR) is 94.8 cm³/mol. The lowest BCUT2D eigenvalue weighted by Gasteiger charge is -2.29. The van der Waals surface area contributed by atoms with Crippen LogP contribution in [0.3, 0.4) is 0 Å². The van der Waals surface area contributed by atoms with Crippen LogP contribution in [0.5, 0.6) is 0 Å². The van der Waals surface area contributed by atoms with Crippen LogP contribution in [-0.2, 0) is 16.1 Å². The first-order valence-corrected chi connectivity index (χ1v) is 7.95. The van der Waals surface area contributed by atoms with Gasteiger partial charge in [-0.05, 0) is 42.4 Å². The highest BCUT2D eigenvalue weighted by atomic mass is 32.1. The fourth-order valence-corrected chi connectivity index (χ4v) is 2.84. The van der Waals surface area contributed by atoms with E-state index < -0.39 is 0 Å². The molecule has 24 heavy (non-hydrogen) atoms. The van der Waals surface area contributed by atoms with Gasteiger partial charge in [0.15, 0.2) is 5.11 Å². The quantitative estimate of drug-likeness (QED) is 0.659. The summed E-state index contributed by atoms with van der Waals surface area (Å²) in [4.78, 5) is 16.7. The van der Waals surface area contributed by atoms with Crippen molar-refractivity contribution in [1.82, 2.24) is 15.6 Å². The highest BCUT2D eigenvalue weighted by Gasteiger charge is 2.30. The normalized spacial score (nSPS) is 17.0. The Morgan fingerprint density at radius 3 is 2.62 bits per heavy atom. The molecular formula is C18H17N3O2S. The molecule has 0 aliphatic carbocycles. The van der Waals surface area contributed by atoms with Crippen molar-refractivity contribution in [2.45, 2.75) is 19.6 Å². The molecule has 0 saturated carbocycles. The van der Waals surface area contributed by atoms with E-state index >= 15 is 0 Å². The standard InChI is InChI=1S/C18H17N3O2S/c1-12-15(17(22)23-11-13-5-3-2-4-6-13)16(21-18(24)20-12)14-7-9-19-10-8-14/h2-10,16H,11H2,1H3,(H2,20,21,24). The summed E-state index contributed by atoms with van der Waals surface area (Å²) in [6.07, 6.45) is 3.37. The molecule has 1 aliphatic rings. The minimum absolute atomic E-state index is 0.226. The molecule has 2 N–H and O–H groups in total. The molecule has 0 radical (unpaired) electrons. The number of allylic oxidation sites excluding steroid dienone is 1. The van der Waals surface area contributed by atoms with Gasteiger partial charge in [-0.25, -0.2) is 4.79 Å². The number of nitrogens with one attached hydrogen (secondary N) is 2. The Hall–Kier alpha value is -2.73. The van der Waals surface area contributed by atoms with Gasteiger partial charge in [-0.15, -0.1) is 0 Å². The molecule has 3 rings (SSSR count). The number of rotatable bonds is 4. The van der Waals surface area contributed by atoms with Crippen LogP contribution in [-0.4, -0.2) is 16.1 Å². The molecule has 1 aliphatic heterocycles. The third-order valence-electron chi connectivity index (χ3n) is 3.74. The topological polar surface area (TPSA) is 63.2 Å². The maximum atomic E-state index is 12.7. The predicted octanol–water partition coefficient (Wildman–Crippen LogP) is 2.62. The molecule has 0 bridgehead atoms. The third kappa shape index (κ3) is 3.60. The Bertz CT molecular complexity index is 775. The number of thiocarbonyl (C=S) groups is 1. The highest BCUT2D eigenvalue weighted by molar-refractivity contribution is 7.80. The number of hydrogen-bond donors (Lipinski definition) is 2. The molecular weight excluding hydrogens is 322 g/mol. The molecule has 0 spiro atoms. The second kappa shape index (κ2) is 7.23. The van der Waals surface area contributed by atoms with Gasteiger partial charge in [-0.3, -0.25) is 4.98 Å². The lowest BCUT2D eigenvalue weighted by atomic mass is 9.96. The van der Waals surface area contributed by atoms with Crippen molar-refractivity contribution in [3.8, 4) is 0 Å². The number of esters is 1. The first-order chi connectivity index (χ1) is 11.6. The summed E-state index contributed by atoms with van der Waals surface area (Å²) in [5, 5.41) is 6.60. The molecule has 0 saturated heterocycles. The minimum atomic E-state index is -0.374. The fourth-order valence-electron chi connectivity index (χ4n) is 2.57. The monoisotopic (exact) mass is 339 g/mol. The maximum Gasteiger partial charge on any atom is 0.338 e. The lowest BCUT2D eigenvalue weighted by Crippen LogP contribution is -2.45. The Kier molecular flexibility index (Phi) is 4.86. The van der Waals surface area contributed by atoms with Crippen LogP contribution in [0.25, 0.3) is 0 Å². The molecule has 1 unspecified atom stereocenters. The summed E-state index contributed by atoms with van der Waals surface area (Å²) in [7, 11) is 0. The number of hydrogen-bond acceptors (Lipinski definition) is 4. The van der Waals surface area contributed by atoms with E-state index in [1.165, 1.54) is 0 Å². The third-order valence-corrected chi connectivity index (χ3v) is 3.96. The number of nitrogens with zero attached hydrogens (tertiary/aromatic N) is 1. The summed E-state index contributed by atoms with van der Waals surface area (Å²) in [5.41, 5.74) is 3.06. The van der Waals surface area contributed by atoms with Crippen molar-refractivity contribution in [3.63, 3.8) is 0 Å². The van der Waals surface area contributed by atoms with Crippen LogP contribution < -0.4 is 10.6 Å². The molecule has 1 aromatic carbocycles. The number of carbonyl (C=O) groups excluding carboxylic acids is 1. The summed E-state index contributed by atoms with van der Waals surface area (Å²) < 4.78 is 5.49. The van der Waals surface area contributed by atoms with Crippen LogP contribution in [0.1, 0.15) is 24.1 Å². The van der Waals surface area contributed by atoms with Crippen LogP contribution in [0.15, 0.2) is 66.1 Å². The number of ether oxygens (including phenoxy) is 1. The van der Waals surface area contributed by atoms with E-state index in [1.54, 1.807) is 12.4 Å². The van der Waals surface area contributed by atoms with Gasteiger partial charge in [-0.2, -0.15) is 0 Å². The minimum Gasteiger partial charge on any atom is -0.457 e. The summed E-state index contributed by atoms with van der Waals surface area (Å²) in [6, 6.07) is 12.9. The maximum absolute atomic E-state index is 12.7. The second-order valence-electron chi connectivity index (χ2n) is 5.41. The molecule has 2 aromatic rings. The van der Waals surface area contributed by atoms with Crippen molar-refractivity contribution >= 4 is 23.3 Å². The summed E-state index contributed by atoms with van der Waals surface area (Å²) >= 11 is 5.22. The largest absolute Gasteiger partial charge is 0.457 e. The Labute approximate surface area is 145 Å². The second-order valence-corrected chi connectivity index (χ2v) is 5.82. The molecule has 2 heterocycles. The number of benzene rings is 1. The van der Waals surface area contributed by atoms with Crippen molar-refractivity contribution < 1.29 is 9.53 Å². The molecule has 6 heteroatoms. The van der Waals surface area contributed by atoms with E-state index in [0.29, 0.717) is 16.4 Å². The molecule has 1 aromatic heterocycles. The number of pyridine rings is 1. The van der Waals surface area contributed by atoms with Crippen molar-refractivity contribution in [1.29, 1.82) is 0 Å². The van der Waals surface area contributed by atoms with E-state index in [9.17, 15) is 4.79 Å². The molecule has 0 amide bonds. The van der Waals surface area contributed by atoms with Crippen molar-refractivity contribution in [2.24, 2.45) is 0 Å². The van der Waals surface area contributed by atoms with Gasteiger partial charge in [0.1, 0.15) is 6.61 Å². The average molecular weight is 339 g/mol. The number of aromatic nitrogens is 1. The van der Waals surface area contributed by atoms with E-state index in [-0.39, 0.29) is 18.6 Å². The Morgan fingerprint density at radius 1 is 1.21 bits per heavy atom. The summed E-state index contributed by atoms with van der Waals surface area (Å²) in [5.74, 6) is -0.374. The van der Waals surface area contributed by atoms with E-state index in [1.807, 2.05) is 49.4 Å². The van der Waals surface area contributed by atoms with Gasteiger partial charge in [0, 0.05) is 18.1 Å². The van der Waals surface area contributed by atoms with Crippen LogP contribution in [0.2, 0.25) is 0 Å². The van der Waals surface area contributed by atoms with E-state index in [4.69, 9.17) is 17.0 Å². The zero-order valence-corrected chi connectivity index (χ0v) is 14.0. The molecule has 0 fully saturated rings. The first kappa shape index (κ1) is 16.1. The fraction of sp³-hybridized carbons (Fsp3) is 0.167. The SMILES string of the molecule is CC1=C(C(=O)OCc2ccccc2)C(c2ccncc2)NC(=S)N1. The number of carbonyl (C=O) groups is 1. The smallest absolute Gasteiger partial charge is 0.338 e. The van der Waals surface area contributed by atoms with E-state index in [0.717, 1.165) is 11.1 Å². The van der Waals surface area contributed by atoms with Gasteiger partial charge in [0.05, 0.1) is 11.6 Å². The first-order valence-electron chi connectivity index (χ1n) is 7.54. The van der Waals surface area contributed by atoms with Gasteiger partial charge in [-0.1, -0.05) is 30.3 Å². The average Bonchev–Trinajstić information content (AvgIpc) is 2.60. The molecule has 1 atom stereocenters. The Morgan fingerprint density at radius 2 is 1.92 bits per heavy atom. The van der Waals surface area contributed by atoms with E-state index in [2.05, 4.69) is 15.6 Å². The van der Waals surface area contributed by atoms with Crippen molar-refractivity contribution in [2.75, 3.05) is 0 Å². The zero-order chi connectivity index (χ0) is 16.9. The van der Waals surface area contributed by atoms with Gasteiger partial charge in [0.25, 0.3) is 0 Å². The Balaban J connectivity index is 1.83. The van der Waals surface area contributed by atoms with Crippen LogP contribution in [0.4, 0.5) is 0 Å².